The van der Waals surface area contributed by atoms with Crippen LogP contribution in [0.3, 0.4) is 0 Å². The molecule has 0 radical (unpaired) electrons. The van der Waals surface area contributed by atoms with Crippen molar-refractivity contribution in [2.75, 3.05) is 0 Å². The van der Waals surface area contributed by atoms with Gasteiger partial charge in [-0.25, -0.2) is 0 Å². The molecule has 0 bridgehead atoms. The van der Waals surface area contributed by atoms with Gasteiger partial charge >= 0.3 is 0 Å². The van der Waals surface area contributed by atoms with Crippen LogP contribution in [0.5, 0.6) is 0 Å². The van der Waals surface area contributed by atoms with Gasteiger partial charge in [0.1, 0.15) is 5.58 Å². The number of hydrogen-bond acceptors (Lipinski definition) is 2. The monoisotopic (exact) mass is 175 g/mol. The van der Waals surface area contributed by atoms with Crippen LogP contribution in [0.15, 0.2) is 34.9 Å². The summed E-state index contributed by atoms with van der Waals surface area (Å²) in [6.45, 7) is 0. The Morgan fingerprint density at radius 2 is 2.23 bits per heavy atom. The molecular formula is C10H9NO2. The van der Waals surface area contributed by atoms with Crippen molar-refractivity contribution >= 4 is 16.9 Å². The van der Waals surface area contributed by atoms with Crippen molar-refractivity contribution in [2.45, 2.75) is 6.42 Å². The zero-order chi connectivity index (χ0) is 9.26. The summed E-state index contributed by atoms with van der Waals surface area (Å²) in [5.74, 6) is -0.325. The standard InChI is InChI=1S/C10H9NO2/c11-10(12)6-7-2-1-3-9-8(7)4-5-13-9/h1-5H,6H2,(H2,11,12). The molecule has 0 saturated carbocycles. The lowest BCUT2D eigenvalue weighted by Crippen LogP contribution is -2.13. The summed E-state index contributed by atoms with van der Waals surface area (Å²) in [4.78, 5) is 10.7. The van der Waals surface area contributed by atoms with E-state index in [2.05, 4.69) is 0 Å². The molecule has 3 heteroatoms. The van der Waals surface area contributed by atoms with E-state index in [0.29, 0.717) is 0 Å². The van der Waals surface area contributed by atoms with Crippen molar-refractivity contribution in [2.24, 2.45) is 5.73 Å². The molecule has 13 heavy (non-hydrogen) atoms. The van der Waals surface area contributed by atoms with Crippen molar-refractivity contribution in [3.63, 3.8) is 0 Å². The van der Waals surface area contributed by atoms with Gasteiger partial charge in [-0.05, 0) is 17.7 Å². The van der Waals surface area contributed by atoms with Crippen LogP contribution in [0.1, 0.15) is 5.56 Å². The lowest BCUT2D eigenvalue weighted by molar-refractivity contribution is -0.117. The van der Waals surface area contributed by atoms with Gasteiger partial charge in [-0.3, -0.25) is 4.79 Å². The van der Waals surface area contributed by atoms with Crippen LogP contribution in [0.2, 0.25) is 0 Å². The predicted octanol–water partition coefficient (Wildman–Crippen LogP) is 1.46. The van der Waals surface area contributed by atoms with Gasteiger partial charge < -0.3 is 10.2 Å². The maximum absolute atomic E-state index is 10.7. The predicted molar refractivity (Wildman–Crippen MR) is 49.1 cm³/mol. The van der Waals surface area contributed by atoms with Gasteiger partial charge in [-0.1, -0.05) is 12.1 Å². The third kappa shape index (κ3) is 1.40. The number of furan rings is 1. The fourth-order valence-electron chi connectivity index (χ4n) is 1.40. The molecule has 0 aliphatic rings. The number of benzene rings is 1. The Labute approximate surface area is 75.1 Å². The Balaban J connectivity index is 2.54. The highest BCUT2D eigenvalue weighted by molar-refractivity contribution is 5.86. The summed E-state index contributed by atoms with van der Waals surface area (Å²) in [5, 5.41) is 0.960. The van der Waals surface area contributed by atoms with E-state index in [1.165, 1.54) is 0 Å². The Hall–Kier alpha value is -1.77. The SMILES string of the molecule is NC(=O)Cc1cccc2occc12. The molecule has 0 saturated heterocycles. The van der Waals surface area contributed by atoms with Gasteiger partial charge in [-0.2, -0.15) is 0 Å². The average molecular weight is 175 g/mol. The molecule has 3 nitrogen and oxygen atoms in total. The van der Waals surface area contributed by atoms with Crippen LogP contribution >= 0.6 is 0 Å². The summed E-state index contributed by atoms with van der Waals surface area (Å²) < 4.78 is 5.19. The van der Waals surface area contributed by atoms with Crippen LogP contribution < -0.4 is 5.73 Å². The first-order valence-electron chi connectivity index (χ1n) is 4.01. The maximum Gasteiger partial charge on any atom is 0.221 e. The summed E-state index contributed by atoms with van der Waals surface area (Å²) in [6, 6.07) is 7.43. The van der Waals surface area contributed by atoms with E-state index in [0.717, 1.165) is 16.5 Å². The number of primary amides is 1. The number of nitrogens with two attached hydrogens (primary N) is 1. The van der Waals surface area contributed by atoms with Crippen LogP contribution in [0, 0.1) is 0 Å². The van der Waals surface area contributed by atoms with Crippen molar-refractivity contribution < 1.29 is 9.21 Å². The Morgan fingerprint density at radius 3 is 3.00 bits per heavy atom. The Morgan fingerprint density at radius 1 is 1.38 bits per heavy atom. The molecular weight excluding hydrogens is 166 g/mol. The molecule has 1 heterocycles. The van der Waals surface area contributed by atoms with Gasteiger partial charge in [-0.15, -0.1) is 0 Å². The molecule has 1 aromatic heterocycles. The van der Waals surface area contributed by atoms with Crippen molar-refractivity contribution in [3.05, 3.63) is 36.1 Å². The fraction of sp³-hybridized carbons (Fsp3) is 0.100. The molecule has 1 aromatic carbocycles. The van der Waals surface area contributed by atoms with E-state index in [1.807, 2.05) is 24.3 Å². The summed E-state index contributed by atoms with van der Waals surface area (Å²) in [7, 11) is 0. The van der Waals surface area contributed by atoms with Gasteiger partial charge in [0.2, 0.25) is 5.91 Å². The normalized spacial score (nSPS) is 10.5. The first kappa shape index (κ1) is 7.86. The van der Waals surface area contributed by atoms with Crippen molar-refractivity contribution in [3.8, 4) is 0 Å². The third-order valence-electron chi connectivity index (χ3n) is 1.95. The van der Waals surface area contributed by atoms with E-state index in [4.69, 9.17) is 10.2 Å². The largest absolute Gasteiger partial charge is 0.464 e. The van der Waals surface area contributed by atoms with Gasteiger partial charge in [0.05, 0.1) is 12.7 Å². The quantitative estimate of drug-likeness (QED) is 0.751. The summed E-state index contributed by atoms with van der Waals surface area (Å²) in [5.41, 5.74) is 6.82. The van der Waals surface area contributed by atoms with Crippen LogP contribution in [0.4, 0.5) is 0 Å². The number of amides is 1. The van der Waals surface area contributed by atoms with E-state index >= 15 is 0 Å². The fourth-order valence-corrected chi connectivity index (χ4v) is 1.40. The smallest absolute Gasteiger partial charge is 0.221 e. The number of carbonyl (C=O) groups is 1. The highest BCUT2D eigenvalue weighted by Crippen LogP contribution is 2.19. The van der Waals surface area contributed by atoms with E-state index in [9.17, 15) is 4.79 Å². The molecule has 0 aliphatic heterocycles. The minimum absolute atomic E-state index is 0.261. The minimum atomic E-state index is -0.325. The van der Waals surface area contributed by atoms with Crippen LogP contribution in [-0.4, -0.2) is 5.91 Å². The molecule has 1 amide bonds. The molecule has 0 unspecified atom stereocenters. The lowest BCUT2D eigenvalue weighted by Gasteiger charge is -1.97. The maximum atomic E-state index is 10.7. The highest BCUT2D eigenvalue weighted by atomic mass is 16.3. The van der Waals surface area contributed by atoms with Crippen LogP contribution in [0.25, 0.3) is 11.0 Å². The van der Waals surface area contributed by atoms with Crippen molar-refractivity contribution in [1.29, 1.82) is 0 Å². The lowest BCUT2D eigenvalue weighted by atomic mass is 10.1. The molecule has 0 fully saturated rings. The molecule has 2 aromatic rings. The second kappa shape index (κ2) is 2.94. The second-order valence-corrected chi connectivity index (χ2v) is 2.89. The molecule has 66 valence electrons. The van der Waals surface area contributed by atoms with E-state index in [-0.39, 0.29) is 12.3 Å². The van der Waals surface area contributed by atoms with Gasteiger partial charge in [0.25, 0.3) is 0 Å². The third-order valence-corrected chi connectivity index (χ3v) is 1.95. The topological polar surface area (TPSA) is 56.2 Å². The van der Waals surface area contributed by atoms with E-state index in [1.54, 1.807) is 6.26 Å². The first-order chi connectivity index (χ1) is 6.27. The summed E-state index contributed by atoms with van der Waals surface area (Å²) in [6.07, 6.45) is 1.87. The average Bonchev–Trinajstić information content (AvgIpc) is 2.51. The van der Waals surface area contributed by atoms with E-state index < -0.39 is 0 Å². The van der Waals surface area contributed by atoms with Gasteiger partial charge in [0.15, 0.2) is 0 Å². The molecule has 0 spiro atoms. The zero-order valence-corrected chi connectivity index (χ0v) is 6.99. The number of rotatable bonds is 2. The Kier molecular flexibility index (Phi) is 1.77. The van der Waals surface area contributed by atoms with Gasteiger partial charge in [0, 0.05) is 5.39 Å². The number of carbonyl (C=O) groups excluding carboxylic acids is 1. The molecule has 2 N–H and O–H groups in total. The zero-order valence-electron chi connectivity index (χ0n) is 6.99. The van der Waals surface area contributed by atoms with Crippen LogP contribution in [-0.2, 0) is 11.2 Å². The van der Waals surface area contributed by atoms with Crippen molar-refractivity contribution in [1.82, 2.24) is 0 Å². The molecule has 0 aliphatic carbocycles. The Bertz CT molecular complexity index is 445. The second-order valence-electron chi connectivity index (χ2n) is 2.89. The molecule has 2 rings (SSSR count). The summed E-state index contributed by atoms with van der Waals surface area (Å²) >= 11 is 0. The molecule has 0 atom stereocenters. The number of hydrogen-bond donors (Lipinski definition) is 1. The first-order valence-corrected chi connectivity index (χ1v) is 4.01. The minimum Gasteiger partial charge on any atom is -0.464 e. The highest BCUT2D eigenvalue weighted by Gasteiger charge is 2.04. The number of fused-ring (bicyclic) bond motifs is 1.